The molecule has 2 N–H and O–H groups in total. The van der Waals surface area contributed by atoms with Gasteiger partial charge in [0.15, 0.2) is 0 Å². The second-order valence-corrected chi connectivity index (χ2v) is 6.66. The lowest BCUT2D eigenvalue weighted by atomic mass is 10.2. The second-order valence-electron chi connectivity index (χ2n) is 6.23. The van der Waals surface area contributed by atoms with Crippen molar-refractivity contribution in [1.82, 2.24) is 15.0 Å². The quantitative estimate of drug-likeness (QED) is 0.454. The van der Waals surface area contributed by atoms with E-state index in [-0.39, 0.29) is 0 Å². The molecule has 0 atom stereocenters. The fourth-order valence-corrected chi connectivity index (χ4v) is 2.95. The van der Waals surface area contributed by atoms with Crippen LogP contribution < -0.4 is 10.6 Å². The van der Waals surface area contributed by atoms with Gasteiger partial charge in [-0.25, -0.2) is 4.98 Å². The molecule has 0 fully saturated rings. The van der Waals surface area contributed by atoms with E-state index in [1.54, 1.807) is 24.8 Å². The van der Waals surface area contributed by atoms with Gasteiger partial charge in [-0.2, -0.15) is 0 Å². The summed E-state index contributed by atoms with van der Waals surface area (Å²) in [5, 5.41) is 7.28. The molecule has 2 heterocycles. The highest BCUT2D eigenvalue weighted by Gasteiger charge is 2.05. The molecule has 0 bridgehead atoms. The van der Waals surface area contributed by atoms with Gasteiger partial charge in [0.05, 0.1) is 23.8 Å². The number of benzene rings is 2. The van der Waals surface area contributed by atoms with Gasteiger partial charge in [-0.3, -0.25) is 9.97 Å². The van der Waals surface area contributed by atoms with Gasteiger partial charge in [0.2, 0.25) is 0 Å². The third kappa shape index (κ3) is 4.64. The van der Waals surface area contributed by atoms with Crippen LogP contribution in [-0.4, -0.2) is 15.0 Å². The van der Waals surface area contributed by atoms with Crippen molar-refractivity contribution in [3.8, 4) is 11.3 Å². The summed E-state index contributed by atoms with van der Waals surface area (Å²) in [5.74, 6) is 0.641. The first-order chi connectivity index (χ1) is 13.8. The van der Waals surface area contributed by atoms with E-state index in [9.17, 15) is 0 Å². The van der Waals surface area contributed by atoms with Crippen LogP contribution in [0.1, 0.15) is 5.56 Å². The van der Waals surface area contributed by atoms with E-state index in [0.717, 1.165) is 29.2 Å². The average Bonchev–Trinajstić information content (AvgIpc) is 2.73. The van der Waals surface area contributed by atoms with Crippen molar-refractivity contribution in [1.29, 1.82) is 0 Å². The smallest absolute Gasteiger partial charge is 0.149 e. The molecule has 6 heteroatoms. The Hall–Kier alpha value is -3.44. The molecule has 0 radical (unpaired) electrons. The third-order valence-electron chi connectivity index (χ3n) is 4.11. The lowest BCUT2D eigenvalue weighted by Crippen LogP contribution is -2.00. The lowest BCUT2D eigenvalue weighted by Gasteiger charge is -2.09. The average molecular weight is 388 g/mol. The van der Waals surface area contributed by atoms with Crippen molar-refractivity contribution in [2.45, 2.75) is 6.54 Å². The van der Waals surface area contributed by atoms with Gasteiger partial charge < -0.3 is 10.6 Å². The highest BCUT2D eigenvalue weighted by atomic mass is 35.5. The number of rotatable bonds is 6. The molecule has 0 saturated heterocycles. The Bertz CT molecular complexity index is 1070. The van der Waals surface area contributed by atoms with E-state index in [2.05, 4.69) is 37.7 Å². The number of pyridine rings is 1. The Morgan fingerprint density at radius 2 is 1.64 bits per heavy atom. The summed E-state index contributed by atoms with van der Waals surface area (Å²) in [6.07, 6.45) is 6.98. The predicted octanol–water partition coefficient (Wildman–Crippen LogP) is 5.55. The van der Waals surface area contributed by atoms with Gasteiger partial charge in [-0.05, 0) is 29.8 Å². The molecule has 0 spiro atoms. The minimum absolute atomic E-state index is 0.641. The molecule has 0 aliphatic heterocycles. The zero-order chi connectivity index (χ0) is 19.2. The second kappa shape index (κ2) is 8.50. The van der Waals surface area contributed by atoms with E-state index in [0.29, 0.717) is 10.8 Å². The van der Waals surface area contributed by atoms with Crippen LogP contribution >= 0.6 is 11.6 Å². The molecule has 0 saturated carbocycles. The summed E-state index contributed by atoms with van der Waals surface area (Å²) in [6, 6.07) is 19.7. The van der Waals surface area contributed by atoms with Crippen LogP contribution in [0.4, 0.5) is 17.2 Å². The molecule has 2 aromatic carbocycles. The fraction of sp³-hybridized carbons (Fsp3) is 0.0455. The molecule has 28 heavy (non-hydrogen) atoms. The largest absolute Gasteiger partial charge is 0.380 e. The van der Waals surface area contributed by atoms with Gasteiger partial charge >= 0.3 is 0 Å². The zero-order valence-electron chi connectivity index (χ0n) is 15.0. The summed E-state index contributed by atoms with van der Waals surface area (Å²) in [7, 11) is 0. The van der Waals surface area contributed by atoms with Crippen LogP contribution in [0.15, 0.2) is 85.5 Å². The minimum atomic E-state index is 0.641. The summed E-state index contributed by atoms with van der Waals surface area (Å²) in [6.45, 7) is 0.730. The Labute approximate surface area is 168 Å². The van der Waals surface area contributed by atoms with Gasteiger partial charge in [-0.15, -0.1) is 0 Å². The van der Waals surface area contributed by atoms with Crippen molar-refractivity contribution in [3.63, 3.8) is 0 Å². The maximum Gasteiger partial charge on any atom is 0.149 e. The van der Waals surface area contributed by atoms with E-state index in [1.165, 1.54) is 5.56 Å². The number of aromatic nitrogens is 3. The first-order valence-corrected chi connectivity index (χ1v) is 9.22. The molecule has 4 rings (SSSR count). The summed E-state index contributed by atoms with van der Waals surface area (Å²) >= 11 is 6.04. The van der Waals surface area contributed by atoms with Gasteiger partial charge in [0, 0.05) is 35.2 Å². The summed E-state index contributed by atoms with van der Waals surface area (Å²) in [5.41, 5.74) is 4.62. The number of hydrogen-bond donors (Lipinski definition) is 2. The molecule has 0 aliphatic carbocycles. The van der Waals surface area contributed by atoms with Crippen LogP contribution in [0.2, 0.25) is 5.02 Å². The van der Waals surface area contributed by atoms with Crippen LogP contribution in [0.3, 0.4) is 0 Å². The first kappa shape index (κ1) is 17.9. The number of nitrogens with one attached hydrogen (secondary N) is 2. The molecule has 0 unspecified atom stereocenters. The van der Waals surface area contributed by atoms with Crippen LogP contribution in [0, 0.1) is 0 Å². The van der Waals surface area contributed by atoms with Gasteiger partial charge in [-0.1, -0.05) is 48.0 Å². The Balaban J connectivity index is 1.51. The van der Waals surface area contributed by atoms with E-state index in [4.69, 9.17) is 11.6 Å². The lowest BCUT2D eigenvalue weighted by molar-refractivity contribution is 1.13. The standard InChI is InChI=1S/C22H18ClN5/c23-18-7-4-8-19(10-18)27-22-15-25-14-21(28-22)17-9-20(13-24-12-17)26-11-16-5-2-1-3-6-16/h1-10,12-15,26H,11H2,(H,27,28). The van der Waals surface area contributed by atoms with Crippen molar-refractivity contribution >= 4 is 28.8 Å². The molecule has 2 aromatic heterocycles. The zero-order valence-corrected chi connectivity index (χ0v) is 15.8. The Morgan fingerprint density at radius 1 is 0.786 bits per heavy atom. The number of halogens is 1. The van der Waals surface area contributed by atoms with Gasteiger partial charge in [0.1, 0.15) is 5.82 Å². The fourth-order valence-electron chi connectivity index (χ4n) is 2.76. The van der Waals surface area contributed by atoms with Crippen LogP contribution in [-0.2, 0) is 6.54 Å². The molecule has 138 valence electrons. The molecular formula is C22H18ClN5. The van der Waals surface area contributed by atoms with E-state index >= 15 is 0 Å². The highest BCUT2D eigenvalue weighted by molar-refractivity contribution is 6.30. The summed E-state index contributed by atoms with van der Waals surface area (Å²) in [4.78, 5) is 13.3. The predicted molar refractivity (Wildman–Crippen MR) is 114 cm³/mol. The maximum absolute atomic E-state index is 6.04. The van der Waals surface area contributed by atoms with E-state index < -0.39 is 0 Å². The SMILES string of the molecule is Clc1cccc(Nc2cncc(-c3cncc(NCc4ccccc4)c3)n2)c1. The van der Waals surface area contributed by atoms with E-state index in [1.807, 2.05) is 48.5 Å². The molecule has 0 aliphatic rings. The Kier molecular flexibility index (Phi) is 5.45. The normalized spacial score (nSPS) is 10.5. The van der Waals surface area contributed by atoms with Gasteiger partial charge in [0.25, 0.3) is 0 Å². The van der Waals surface area contributed by atoms with Crippen molar-refractivity contribution in [2.24, 2.45) is 0 Å². The number of anilines is 3. The Morgan fingerprint density at radius 3 is 2.50 bits per heavy atom. The topological polar surface area (TPSA) is 62.7 Å². The first-order valence-electron chi connectivity index (χ1n) is 8.84. The summed E-state index contributed by atoms with van der Waals surface area (Å²) < 4.78 is 0. The van der Waals surface area contributed by atoms with Crippen molar-refractivity contribution in [2.75, 3.05) is 10.6 Å². The third-order valence-corrected chi connectivity index (χ3v) is 4.34. The highest BCUT2D eigenvalue weighted by Crippen LogP contribution is 2.23. The van der Waals surface area contributed by atoms with Crippen LogP contribution in [0.25, 0.3) is 11.3 Å². The number of hydrogen-bond acceptors (Lipinski definition) is 5. The monoisotopic (exact) mass is 387 g/mol. The molecule has 0 amide bonds. The number of nitrogens with zero attached hydrogens (tertiary/aromatic N) is 3. The molecular weight excluding hydrogens is 370 g/mol. The molecule has 5 nitrogen and oxygen atoms in total. The molecule has 4 aromatic rings. The van der Waals surface area contributed by atoms with Crippen molar-refractivity contribution in [3.05, 3.63) is 96.0 Å². The van der Waals surface area contributed by atoms with Crippen LogP contribution in [0.5, 0.6) is 0 Å². The minimum Gasteiger partial charge on any atom is -0.380 e. The maximum atomic E-state index is 6.04. The van der Waals surface area contributed by atoms with Crippen molar-refractivity contribution < 1.29 is 0 Å².